The minimum absolute atomic E-state index is 0.0513. The number of anilines is 1. The Labute approximate surface area is 174 Å². The van der Waals surface area contributed by atoms with E-state index in [4.69, 9.17) is 11.6 Å². The average molecular weight is 460 g/mol. The standard InChI is InChI=1S/C18H19ClFN3O4S2/c1-3-29(26,27)23-17(18-14(19)8-5-9-15(18)20)11-16(21-23)12-6-4-7-13(10-12)22-28(2,24)25/h4-10,17,22H,3,11H2,1-2H3/t17-/m0/s1. The van der Waals surface area contributed by atoms with E-state index >= 15 is 0 Å². The highest BCUT2D eigenvalue weighted by molar-refractivity contribution is 7.92. The lowest BCUT2D eigenvalue weighted by molar-refractivity contribution is 0.363. The highest BCUT2D eigenvalue weighted by Crippen LogP contribution is 2.39. The maximum absolute atomic E-state index is 14.5. The third kappa shape index (κ3) is 4.71. The topological polar surface area (TPSA) is 95.9 Å². The van der Waals surface area contributed by atoms with Crippen molar-refractivity contribution in [3.8, 4) is 0 Å². The predicted octanol–water partition coefficient (Wildman–Crippen LogP) is 3.35. The molecule has 3 rings (SSSR count). The third-order valence-electron chi connectivity index (χ3n) is 4.35. The van der Waals surface area contributed by atoms with Gasteiger partial charge in [-0.3, -0.25) is 4.72 Å². The van der Waals surface area contributed by atoms with E-state index in [1.54, 1.807) is 24.3 Å². The second-order valence-electron chi connectivity index (χ2n) is 6.53. The number of rotatable bonds is 6. The van der Waals surface area contributed by atoms with Gasteiger partial charge in [-0.1, -0.05) is 29.8 Å². The Morgan fingerprint density at radius 1 is 1.21 bits per heavy atom. The number of hydrazone groups is 1. The van der Waals surface area contributed by atoms with Crippen molar-refractivity contribution in [1.29, 1.82) is 0 Å². The lowest BCUT2D eigenvalue weighted by atomic mass is 9.98. The summed E-state index contributed by atoms with van der Waals surface area (Å²) in [6.07, 6.45) is 1.11. The van der Waals surface area contributed by atoms with E-state index in [0.717, 1.165) is 10.7 Å². The van der Waals surface area contributed by atoms with E-state index in [-0.39, 0.29) is 22.8 Å². The Kier molecular flexibility index (Phi) is 5.88. The van der Waals surface area contributed by atoms with Crippen LogP contribution in [-0.4, -0.2) is 39.0 Å². The summed E-state index contributed by atoms with van der Waals surface area (Å²) < 4.78 is 65.9. The molecular weight excluding hydrogens is 441 g/mol. The van der Waals surface area contributed by atoms with Crippen molar-refractivity contribution in [3.63, 3.8) is 0 Å². The number of nitrogens with one attached hydrogen (secondary N) is 1. The molecule has 156 valence electrons. The molecule has 0 fully saturated rings. The van der Waals surface area contributed by atoms with Gasteiger partial charge in [-0.05, 0) is 36.8 Å². The molecule has 2 aromatic carbocycles. The second kappa shape index (κ2) is 7.92. The average Bonchev–Trinajstić information content (AvgIpc) is 3.06. The molecule has 0 saturated heterocycles. The molecule has 7 nitrogen and oxygen atoms in total. The lowest BCUT2D eigenvalue weighted by Crippen LogP contribution is -2.29. The molecule has 1 atom stereocenters. The van der Waals surface area contributed by atoms with Crippen molar-refractivity contribution < 1.29 is 21.2 Å². The van der Waals surface area contributed by atoms with Crippen LogP contribution in [0.2, 0.25) is 5.02 Å². The fraction of sp³-hybridized carbons (Fsp3) is 0.278. The van der Waals surface area contributed by atoms with Crippen LogP contribution in [0.1, 0.15) is 30.5 Å². The largest absolute Gasteiger partial charge is 0.284 e. The van der Waals surface area contributed by atoms with Crippen LogP contribution in [-0.2, 0) is 20.0 Å². The molecule has 1 aliphatic rings. The van der Waals surface area contributed by atoms with E-state index in [1.165, 1.54) is 25.1 Å². The molecule has 0 bridgehead atoms. The van der Waals surface area contributed by atoms with Crippen LogP contribution in [0.3, 0.4) is 0 Å². The Morgan fingerprint density at radius 3 is 2.52 bits per heavy atom. The lowest BCUT2D eigenvalue weighted by Gasteiger charge is -2.23. The number of benzene rings is 2. The summed E-state index contributed by atoms with van der Waals surface area (Å²) in [7, 11) is -7.28. The minimum atomic E-state index is -3.80. The van der Waals surface area contributed by atoms with Gasteiger partial charge in [-0.2, -0.15) is 9.52 Å². The fourth-order valence-electron chi connectivity index (χ4n) is 3.07. The van der Waals surface area contributed by atoms with Crippen LogP contribution >= 0.6 is 11.6 Å². The van der Waals surface area contributed by atoms with Gasteiger partial charge in [-0.15, -0.1) is 0 Å². The van der Waals surface area contributed by atoms with Crippen molar-refractivity contribution in [2.24, 2.45) is 5.10 Å². The van der Waals surface area contributed by atoms with Gasteiger partial charge in [0.05, 0.1) is 23.8 Å². The Morgan fingerprint density at radius 2 is 1.90 bits per heavy atom. The van der Waals surface area contributed by atoms with Crippen LogP contribution in [0, 0.1) is 5.82 Å². The zero-order chi connectivity index (χ0) is 21.4. The SMILES string of the molecule is CCS(=O)(=O)N1N=C(c2cccc(NS(C)(=O)=O)c2)C[C@H]1c1c(F)cccc1Cl. The smallest absolute Gasteiger partial charge is 0.250 e. The molecule has 0 aromatic heterocycles. The Hall–Kier alpha value is -2.17. The molecule has 0 saturated carbocycles. The number of nitrogens with zero attached hydrogens (tertiary/aromatic N) is 2. The summed E-state index contributed by atoms with van der Waals surface area (Å²) in [5.74, 6) is -0.843. The molecule has 0 radical (unpaired) electrons. The summed E-state index contributed by atoms with van der Waals surface area (Å²) in [6.45, 7) is 1.47. The van der Waals surface area contributed by atoms with Gasteiger partial charge in [0.25, 0.3) is 0 Å². The summed E-state index contributed by atoms with van der Waals surface area (Å²) >= 11 is 6.17. The first-order valence-corrected chi connectivity index (χ1v) is 12.5. The van der Waals surface area contributed by atoms with Crippen molar-refractivity contribution in [3.05, 3.63) is 64.4 Å². The van der Waals surface area contributed by atoms with Gasteiger partial charge in [0.15, 0.2) is 0 Å². The molecule has 2 aromatic rings. The Balaban J connectivity index is 2.06. The first kappa shape index (κ1) is 21.5. The summed E-state index contributed by atoms with van der Waals surface area (Å²) in [6, 6.07) is 9.61. The molecule has 11 heteroatoms. The van der Waals surface area contributed by atoms with Gasteiger partial charge in [0, 0.05) is 22.7 Å². The molecule has 0 unspecified atom stereocenters. The second-order valence-corrected chi connectivity index (χ2v) is 10.8. The first-order chi connectivity index (χ1) is 13.5. The molecule has 0 amide bonds. The minimum Gasteiger partial charge on any atom is -0.284 e. The zero-order valence-corrected chi connectivity index (χ0v) is 18.0. The van der Waals surface area contributed by atoms with E-state index in [2.05, 4.69) is 9.82 Å². The zero-order valence-electron chi connectivity index (χ0n) is 15.6. The summed E-state index contributed by atoms with van der Waals surface area (Å²) in [5, 5.41) is 4.34. The van der Waals surface area contributed by atoms with E-state index < -0.39 is 31.9 Å². The number of halogens is 2. The number of hydrogen-bond acceptors (Lipinski definition) is 5. The quantitative estimate of drug-likeness (QED) is 0.716. The van der Waals surface area contributed by atoms with E-state index in [9.17, 15) is 21.2 Å². The van der Waals surface area contributed by atoms with Crippen LogP contribution in [0.25, 0.3) is 0 Å². The molecule has 0 spiro atoms. The maximum Gasteiger partial charge on any atom is 0.250 e. The third-order valence-corrected chi connectivity index (χ3v) is 6.93. The fourth-order valence-corrected chi connectivity index (χ4v) is 4.97. The summed E-state index contributed by atoms with van der Waals surface area (Å²) in [5.41, 5.74) is 1.26. The van der Waals surface area contributed by atoms with E-state index in [0.29, 0.717) is 17.0 Å². The van der Waals surface area contributed by atoms with Crippen molar-refractivity contribution in [2.45, 2.75) is 19.4 Å². The van der Waals surface area contributed by atoms with Crippen LogP contribution in [0.15, 0.2) is 47.6 Å². The molecule has 29 heavy (non-hydrogen) atoms. The van der Waals surface area contributed by atoms with Gasteiger partial charge < -0.3 is 0 Å². The monoisotopic (exact) mass is 459 g/mol. The van der Waals surface area contributed by atoms with Crippen molar-refractivity contribution in [1.82, 2.24) is 4.41 Å². The van der Waals surface area contributed by atoms with Gasteiger partial charge in [-0.25, -0.2) is 21.2 Å². The molecule has 1 N–H and O–H groups in total. The van der Waals surface area contributed by atoms with Crippen molar-refractivity contribution in [2.75, 3.05) is 16.7 Å². The maximum atomic E-state index is 14.5. The molecule has 1 aliphatic heterocycles. The molecule has 1 heterocycles. The first-order valence-electron chi connectivity index (χ1n) is 8.63. The summed E-state index contributed by atoms with van der Waals surface area (Å²) in [4.78, 5) is 0. The van der Waals surface area contributed by atoms with Crippen LogP contribution in [0.4, 0.5) is 10.1 Å². The highest BCUT2D eigenvalue weighted by Gasteiger charge is 2.38. The Bertz CT molecular complexity index is 1160. The van der Waals surface area contributed by atoms with Gasteiger partial charge in [0.2, 0.25) is 20.0 Å². The molecule has 0 aliphatic carbocycles. The van der Waals surface area contributed by atoms with Crippen LogP contribution in [0.5, 0.6) is 0 Å². The predicted molar refractivity (Wildman–Crippen MR) is 112 cm³/mol. The van der Waals surface area contributed by atoms with E-state index in [1.807, 2.05) is 0 Å². The van der Waals surface area contributed by atoms with Gasteiger partial charge in [0.1, 0.15) is 5.82 Å². The van der Waals surface area contributed by atoms with Crippen molar-refractivity contribution >= 4 is 43.0 Å². The number of hydrogen-bond donors (Lipinski definition) is 1. The van der Waals surface area contributed by atoms with Gasteiger partial charge >= 0.3 is 0 Å². The van der Waals surface area contributed by atoms with Crippen LogP contribution < -0.4 is 4.72 Å². The normalized spacial score (nSPS) is 17.3. The highest BCUT2D eigenvalue weighted by atomic mass is 35.5. The molecular formula is C18H19ClFN3O4S2. The number of sulfonamides is 2.